The molecule has 6 unspecified atom stereocenters. The molecular formula is C14H22O. The SMILES string of the molecule is CC(C)C12CC3CC1OC1C3CCCC12. The minimum Gasteiger partial charge on any atom is -0.374 e. The molecule has 2 heterocycles. The van der Waals surface area contributed by atoms with E-state index in [0.29, 0.717) is 17.6 Å². The molecule has 5 rings (SSSR count). The van der Waals surface area contributed by atoms with Crippen molar-refractivity contribution in [3.63, 3.8) is 0 Å². The van der Waals surface area contributed by atoms with E-state index in [1.54, 1.807) is 0 Å². The van der Waals surface area contributed by atoms with Crippen molar-refractivity contribution in [2.75, 3.05) is 0 Å². The van der Waals surface area contributed by atoms with Gasteiger partial charge in [0.15, 0.2) is 0 Å². The molecule has 3 saturated carbocycles. The molecule has 0 spiro atoms. The van der Waals surface area contributed by atoms with E-state index in [9.17, 15) is 0 Å². The highest BCUT2D eigenvalue weighted by Crippen LogP contribution is 2.70. The van der Waals surface area contributed by atoms with Crippen molar-refractivity contribution in [1.82, 2.24) is 0 Å². The third-order valence-electron chi connectivity index (χ3n) is 6.30. The molecule has 0 radical (unpaired) electrons. The Morgan fingerprint density at radius 1 is 1.27 bits per heavy atom. The topological polar surface area (TPSA) is 9.23 Å². The lowest BCUT2D eigenvalue weighted by Crippen LogP contribution is -2.47. The van der Waals surface area contributed by atoms with E-state index in [4.69, 9.17) is 4.74 Å². The van der Waals surface area contributed by atoms with E-state index in [0.717, 1.165) is 23.7 Å². The van der Waals surface area contributed by atoms with Gasteiger partial charge in [0.2, 0.25) is 0 Å². The van der Waals surface area contributed by atoms with Gasteiger partial charge in [-0.1, -0.05) is 20.3 Å². The number of hydrogen-bond acceptors (Lipinski definition) is 1. The quantitative estimate of drug-likeness (QED) is 0.640. The summed E-state index contributed by atoms with van der Waals surface area (Å²) >= 11 is 0. The van der Waals surface area contributed by atoms with Gasteiger partial charge in [-0.05, 0) is 49.4 Å². The van der Waals surface area contributed by atoms with Gasteiger partial charge in [-0.2, -0.15) is 0 Å². The van der Waals surface area contributed by atoms with E-state index in [-0.39, 0.29) is 0 Å². The monoisotopic (exact) mass is 206 g/mol. The molecule has 1 nitrogen and oxygen atoms in total. The Bertz CT molecular complexity index is 298. The molecule has 1 heteroatoms. The molecule has 0 aromatic heterocycles. The highest BCUT2D eigenvalue weighted by Gasteiger charge is 2.69. The second-order valence-electron chi connectivity index (χ2n) is 6.76. The maximum atomic E-state index is 6.38. The standard InChI is InChI=1S/C14H22O/c1-8(2)14-7-9-6-12(14)15-13-10(9)4-3-5-11(13)14/h8-13H,3-7H2,1-2H3. The van der Waals surface area contributed by atoms with Crippen molar-refractivity contribution in [3.05, 3.63) is 0 Å². The first-order valence-corrected chi connectivity index (χ1v) is 6.89. The Morgan fingerprint density at radius 3 is 2.93 bits per heavy atom. The molecule has 2 aliphatic heterocycles. The molecule has 15 heavy (non-hydrogen) atoms. The molecule has 5 aliphatic rings. The van der Waals surface area contributed by atoms with Crippen LogP contribution in [0.25, 0.3) is 0 Å². The Morgan fingerprint density at radius 2 is 2.13 bits per heavy atom. The molecule has 3 aliphatic carbocycles. The van der Waals surface area contributed by atoms with E-state index >= 15 is 0 Å². The number of rotatable bonds is 1. The molecule has 2 saturated heterocycles. The van der Waals surface area contributed by atoms with Crippen molar-refractivity contribution >= 4 is 0 Å². The van der Waals surface area contributed by atoms with E-state index < -0.39 is 0 Å². The minimum atomic E-state index is 0.603. The van der Waals surface area contributed by atoms with Crippen LogP contribution in [0.3, 0.4) is 0 Å². The molecule has 0 aromatic rings. The van der Waals surface area contributed by atoms with Gasteiger partial charge in [0.1, 0.15) is 0 Å². The first-order valence-electron chi connectivity index (χ1n) is 6.89. The summed E-state index contributed by atoms with van der Waals surface area (Å²) in [5.41, 5.74) is 0.603. The molecule has 84 valence electrons. The second kappa shape index (κ2) is 2.61. The zero-order valence-corrected chi connectivity index (χ0v) is 9.91. The van der Waals surface area contributed by atoms with Crippen LogP contribution in [0.4, 0.5) is 0 Å². The highest BCUT2D eigenvalue weighted by molar-refractivity contribution is 5.17. The summed E-state index contributed by atoms with van der Waals surface area (Å²) in [5.74, 6) is 3.75. The van der Waals surface area contributed by atoms with Crippen LogP contribution < -0.4 is 0 Å². The largest absolute Gasteiger partial charge is 0.374 e. The molecule has 0 amide bonds. The maximum absolute atomic E-state index is 6.38. The number of hydrogen-bond donors (Lipinski definition) is 0. The Hall–Kier alpha value is -0.0400. The third-order valence-corrected chi connectivity index (χ3v) is 6.30. The van der Waals surface area contributed by atoms with Crippen molar-refractivity contribution in [2.45, 2.75) is 58.2 Å². The van der Waals surface area contributed by atoms with Gasteiger partial charge in [0.05, 0.1) is 12.2 Å². The van der Waals surface area contributed by atoms with E-state index in [1.165, 1.54) is 32.1 Å². The predicted octanol–water partition coefficient (Wildman–Crippen LogP) is 3.24. The Kier molecular flexibility index (Phi) is 1.57. The normalized spacial score (nSPS) is 60.6. The summed E-state index contributed by atoms with van der Waals surface area (Å²) in [5, 5.41) is 0. The fraction of sp³-hybridized carbons (Fsp3) is 1.00. The van der Waals surface area contributed by atoms with Gasteiger partial charge in [0, 0.05) is 5.41 Å². The predicted molar refractivity (Wildman–Crippen MR) is 59.5 cm³/mol. The van der Waals surface area contributed by atoms with Gasteiger partial charge in [0.25, 0.3) is 0 Å². The molecule has 6 atom stereocenters. The van der Waals surface area contributed by atoms with Gasteiger partial charge in [-0.15, -0.1) is 0 Å². The van der Waals surface area contributed by atoms with Crippen LogP contribution in [-0.2, 0) is 4.74 Å². The van der Waals surface area contributed by atoms with Crippen LogP contribution in [0.1, 0.15) is 46.0 Å². The van der Waals surface area contributed by atoms with Gasteiger partial charge in [-0.3, -0.25) is 0 Å². The first kappa shape index (κ1) is 9.04. The third kappa shape index (κ3) is 0.833. The maximum Gasteiger partial charge on any atom is 0.0644 e. The van der Waals surface area contributed by atoms with Gasteiger partial charge >= 0.3 is 0 Å². The molecular weight excluding hydrogens is 184 g/mol. The lowest BCUT2D eigenvalue weighted by Gasteiger charge is -2.48. The summed E-state index contributed by atoms with van der Waals surface area (Å²) < 4.78 is 6.38. The molecule has 0 N–H and O–H groups in total. The summed E-state index contributed by atoms with van der Waals surface area (Å²) in [4.78, 5) is 0. The summed E-state index contributed by atoms with van der Waals surface area (Å²) in [6, 6.07) is 0. The fourth-order valence-electron chi connectivity index (χ4n) is 5.76. The van der Waals surface area contributed by atoms with Crippen molar-refractivity contribution < 1.29 is 4.74 Å². The Balaban J connectivity index is 1.83. The van der Waals surface area contributed by atoms with E-state index in [1.807, 2.05) is 0 Å². The zero-order chi connectivity index (χ0) is 10.2. The molecule has 0 aromatic carbocycles. The lowest BCUT2D eigenvalue weighted by molar-refractivity contribution is -0.0789. The van der Waals surface area contributed by atoms with Crippen LogP contribution in [0.2, 0.25) is 0 Å². The number of ether oxygens (including phenoxy) is 1. The summed E-state index contributed by atoms with van der Waals surface area (Å²) in [7, 11) is 0. The van der Waals surface area contributed by atoms with Crippen LogP contribution in [0.5, 0.6) is 0 Å². The first-order chi connectivity index (χ1) is 7.23. The van der Waals surface area contributed by atoms with Crippen molar-refractivity contribution in [1.29, 1.82) is 0 Å². The van der Waals surface area contributed by atoms with Crippen LogP contribution in [-0.4, -0.2) is 12.2 Å². The van der Waals surface area contributed by atoms with Crippen molar-refractivity contribution in [2.24, 2.45) is 29.1 Å². The van der Waals surface area contributed by atoms with Gasteiger partial charge in [-0.25, -0.2) is 0 Å². The van der Waals surface area contributed by atoms with Crippen LogP contribution in [0.15, 0.2) is 0 Å². The highest BCUT2D eigenvalue weighted by atomic mass is 16.5. The van der Waals surface area contributed by atoms with Crippen LogP contribution >= 0.6 is 0 Å². The van der Waals surface area contributed by atoms with Crippen LogP contribution in [0, 0.1) is 29.1 Å². The average molecular weight is 206 g/mol. The second-order valence-corrected chi connectivity index (χ2v) is 6.76. The molecule has 6 bridgehead atoms. The molecule has 5 fully saturated rings. The Labute approximate surface area is 92.6 Å². The van der Waals surface area contributed by atoms with Gasteiger partial charge < -0.3 is 4.74 Å². The smallest absolute Gasteiger partial charge is 0.0644 e. The minimum absolute atomic E-state index is 0.603. The average Bonchev–Trinajstić information content (AvgIpc) is 2.64. The zero-order valence-electron chi connectivity index (χ0n) is 9.91. The van der Waals surface area contributed by atoms with Crippen molar-refractivity contribution in [3.8, 4) is 0 Å². The summed E-state index contributed by atoms with van der Waals surface area (Å²) in [6.45, 7) is 4.88. The lowest BCUT2D eigenvalue weighted by atomic mass is 9.55. The summed E-state index contributed by atoms with van der Waals surface area (Å²) in [6.07, 6.45) is 8.63. The van der Waals surface area contributed by atoms with E-state index in [2.05, 4.69) is 13.8 Å². The fourth-order valence-corrected chi connectivity index (χ4v) is 5.76.